The third kappa shape index (κ3) is 4.34. The first kappa shape index (κ1) is 14.0. The Balaban J connectivity index is 2.28. The third-order valence-electron chi connectivity index (χ3n) is 2.97. The maximum Gasteiger partial charge on any atom is 0.225 e. The number of amides is 2. The second kappa shape index (κ2) is 6.00. The Morgan fingerprint density at radius 3 is 2.71 bits per heavy atom. The summed E-state index contributed by atoms with van der Waals surface area (Å²) in [4.78, 5) is 24.6. The zero-order chi connectivity index (χ0) is 13.0. The molecule has 5 nitrogen and oxygen atoms in total. The van der Waals surface area contributed by atoms with Crippen LogP contribution in [0.5, 0.6) is 0 Å². The molecule has 1 aliphatic rings. The van der Waals surface area contributed by atoms with Crippen molar-refractivity contribution in [2.75, 3.05) is 20.1 Å². The molecule has 0 aromatic carbocycles. The summed E-state index contributed by atoms with van der Waals surface area (Å²) in [7, 11) is 1.70. The van der Waals surface area contributed by atoms with Crippen LogP contribution in [-0.4, -0.2) is 48.1 Å². The fourth-order valence-electron chi connectivity index (χ4n) is 2.03. The lowest BCUT2D eigenvalue weighted by molar-refractivity contribution is -0.128. The molecule has 2 amide bonds. The molecule has 1 fully saturated rings. The molecule has 0 bridgehead atoms. The van der Waals surface area contributed by atoms with E-state index in [2.05, 4.69) is 5.32 Å². The minimum absolute atomic E-state index is 0.00730. The molecule has 0 radical (unpaired) electrons. The lowest BCUT2D eigenvalue weighted by Gasteiger charge is -2.15. The summed E-state index contributed by atoms with van der Waals surface area (Å²) in [5, 5.41) is 12.3. The van der Waals surface area contributed by atoms with Crippen LogP contribution in [0.1, 0.15) is 26.7 Å². The van der Waals surface area contributed by atoms with E-state index in [9.17, 15) is 14.7 Å². The van der Waals surface area contributed by atoms with Gasteiger partial charge in [-0.2, -0.15) is 0 Å². The fourth-order valence-corrected chi connectivity index (χ4v) is 2.03. The van der Waals surface area contributed by atoms with Crippen molar-refractivity contribution in [3.05, 3.63) is 0 Å². The highest BCUT2D eigenvalue weighted by Crippen LogP contribution is 2.15. The van der Waals surface area contributed by atoms with Crippen molar-refractivity contribution in [3.8, 4) is 0 Å². The quantitative estimate of drug-likeness (QED) is 0.712. The first-order chi connectivity index (χ1) is 7.90. The molecule has 0 aliphatic carbocycles. The average Bonchev–Trinajstić information content (AvgIpc) is 2.55. The van der Waals surface area contributed by atoms with Gasteiger partial charge in [-0.25, -0.2) is 0 Å². The summed E-state index contributed by atoms with van der Waals surface area (Å²) in [6, 6.07) is 0. The van der Waals surface area contributed by atoms with E-state index >= 15 is 0 Å². The summed E-state index contributed by atoms with van der Waals surface area (Å²) < 4.78 is 0. The third-order valence-corrected chi connectivity index (χ3v) is 2.97. The molecule has 0 saturated carbocycles. The summed E-state index contributed by atoms with van der Waals surface area (Å²) in [5.41, 5.74) is 0. The number of hydrogen-bond acceptors (Lipinski definition) is 3. The van der Waals surface area contributed by atoms with E-state index in [0.717, 1.165) is 0 Å². The van der Waals surface area contributed by atoms with E-state index in [1.54, 1.807) is 11.9 Å². The van der Waals surface area contributed by atoms with Gasteiger partial charge in [0.1, 0.15) is 0 Å². The van der Waals surface area contributed by atoms with E-state index in [-0.39, 0.29) is 30.7 Å². The predicted octanol–water partition coefficient (Wildman–Crippen LogP) is -0.0121. The molecule has 17 heavy (non-hydrogen) atoms. The van der Waals surface area contributed by atoms with Gasteiger partial charge in [-0.05, 0) is 12.3 Å². The topological polar surface area (TPSA) is 69.6 Å². The van der Waals surface area contributed by atoms with Crippen LogP contribution in [0.3, 0.4) is 0 Å². The van der Waals surface area contributed by atoms with Gasteiger partial charge in [0.05, 0.1) is 12.0 Å². The summed E-state index contributed by atoms with van der Waals surface area (Å²) >= 11 is 0. The summed E-state index contributed by atoms with van der Waals surface area (Å²) in [6.45, 7) is 4.79. The van der Waals surface area contributed by atoms with Gasteiger partial charge in [0.2, 0.25) is 11.8 Å². The molecule has 2 atom stereocenters. The monoisotopic (exact) mass is 242 g/mol. The number of aliphatic hydroxyl groups excluding tert-OH is 1. The van der Waals surface area contributed by atoms with Crippen molar-refractivity contribution in [3.63, 3.8) is 0 Å². The smallest absolute Gasteiger partial charge is 0.225 e. The van der Waals surface area contributed by atoms with Crippen molar-refractivity contribution in [1.29, 1.82) is 0 Å². The summed E-state index contributed by atoms with van der Waals surface area (Å²) in [5.74, 6) is 0.0122. The van der Waals surface area contributed by atoms with Crippen molar-refractivity contribution < 1.29 is 14.7 Å². The van der Waals surface area contributed by atoms with Crippen LogP contribution in [0.15, 0.2) is 0 Å². The maximum absolute atomic E-state index is 11.7. The van der Waals surface area contributed by atoms with Crippen molar-refractivity contribution in [1.82, 2.24) is 10.2 Å². The number of carbonyl (C=O) groups is 2. The highest BCUT2D eigenvalue weighted by atomic mass is 16.3. The molecule has 2 unspecified atom stereocenters. The van der Waals surface area contributed by atoms with Crippen LogP contribution in [0.4, 0.5) is 0 Å². The van der Waals surface area contributed by atoms with E-state index in [4.69, 9.17) is 0 Å². The highest BCUT2D eigenvalue weighted by molar-refractivity contribution is 5.89. The SMILES string of the molecule is CC(C)CC(O)CNC(=O)C1CC(=O)N(C)C1. The zero-order valence-corrected chi connectivity index (χ0v) is 10.8. The van der Waals surface area contributed by atoms with E-state index in [1.807, 2.05) is 13.8 Å². The maximum atomic E-state index is 11.7. The lowest BCUT2D eigenvalue weighted by Crippen LogP contribution is -2.37. The Morgan fingerprint density at radius 2 is 2.24 bits per heavy atom. The van der Waals surface area contributed by atoms with Gasteiger partial charge in [0.15, 0.2) is 0 Å². The Bertz CT molecular complexity index is 291. The first-order valence-electron chi connectivity index (χ1n) is 6.10. The van der Waals surface area contributed by atoms with E-state index < -0.39 is 6.10 Å². The largest absolute Gasteiger partial charge is 0.391 e. The number of nitrogens with zero attached hydrogens (tertiary/aromatic N) is 1. The Morgan fingerprint density at radius 1 is 1.59 bits per heavy atom. The van der Waals surface area contributed by atoms with Gasteiger partial charge in [0.25, 0.3) is 0 Å². The summed E-state index contributed by atoms with van der Waals surface area (Å²) in [6.07, 6.45) is 0.445. The first-order valence-corrected chi connectivity index (χ1v) is 6.10. The number of likely N-dealkylation sites (tertiary alicyclic amines) is 1. The number of carbonyl (C=O) groups excluding carboxylic acids is 2. The number of nitrogens with one attached hydrogen (secondary N) is 1. The molecule has 1 saturated heterocycles. The second-order valence-electron chi connectivity index (χ2n) is 5.20. The van der Waals surface area contributed by atoms with Gasteiger partial charge in [-0.1, -0.05) is 13.8 Å². The molecule has 0 aromatic heterocycles. The molecule has 1 rings (SSSR count). The van der Waals surface area contributed by atoms with Crippen LogP contribution >= 0.6 is 0 Å². The van der Waals surface area contributed by atoms with Crippen molar-refractivity contribution in [2.45, 2.75) is 32.8 Å². The number of aliphatic hydroxyl groups is 1. The van der Waals surface area contributed by atoms with E-state index in [1.165, 1.54) is 0 Å². The van der Waals surface area contributed by atoms with Gasteiger partial charge in [0, 0.05) is 26.6 Å². The molecule has 1 heterocycles. The molecule has 0 aromatic rings. The van der Waals surface area contributed by atoms with Crippen LogP contribution in [0.25, 0.3) is 0 Å². The van der Waals surface area contributed by atoms with Crippen LogP contribution in [0, 0.1) is 11.8 Å². The molecular weight excluding hydrogens is 220 g/mol. The van der Waals surface area contributed by atoms with Crippen LogP contribution < -0.4 is 5.32 Å². The van der Waals surface area contributed by atoms with Crippen molar-refractivity contribution in [2.24, 2.45) is 11.8 Å². The van der Waals surface area contributed by atoms with Gasteiger partial charge < -0.3 is 15.3 Å². The predicted molar refractivity (Wildman–Crippen MR) is 64.2 cm³/mol. The number of rotatable bonds is 5. The Hall–Kier alpha value is -1.10. The van der Waals surface area contributed by atoms with Crippen molar-refractivity contribution >= 4 is 11.8 Å². The minimum Gasteiger partial charge on any atom is -0.391 e. The standard InChI is InChI=1S/C12H22N2O3/c1-8(2)4-10(15)6-13-12(17)9-5-11(16)14(3)7-9/h8-10,15H,4-7H2,1-3H3,(H,13,17). The Kier molecular flexibility index (Phi) is 4.93. The zero-order valence-electron chi connectivity index (χ0n) is 10.8. The molecule has 5 heteroatoms. The molecule has 1 aliphatic heterocycles. The molecule has 98 valence electrons. The molecule has 0 spiro atoms. The van der Waals surface area contributed by atoms with Crippen LogP contribution in [-0.2, 0) is 9.59 Å². The normalized spacial score (nSPS) is 22.1. The molecule has 2 N–H and O–H groups in total. The second-order valence-corrected chi connectivity index (χ2v) is 5.20. The number of hydrogen-bond donors (Lipinski definition) is 2. The van der Waals surface area contributed by atoms with Crippen LogP contribution in [0.2, 0.25) is 0 Å². The average molecular weight is 242 g/mol. The highest BCUT2D eigenvalue weighted by Gasteiger charge is 2.32. The molecular formula is C12H22N2O3. The minimum atomic E-state index is -0.506. The lowest BCUT2D eigenvalue weighted by atomic mass is 10.1. The van der Waals surface area contributed by atoms with Gasteiger partial charge in [-0.15, -0.1) is 0 Å². The van der Waals surface area contributed by atoms with Gasteiger partial charge >= 0.3 is 0 Å². The van der Waals surface area contributed by atoms with E-state index in [0.29, 0.717) is 18.9 Å². The Labute approximate surface area is 102 Å². The van der Waals surface area contributed by atoms with Gasteiger partial charge in [-0.3, -0.25) is 9.59 Å². The fraction of sp³-hybridized carbons (Fsp3) is 0.833.